The van der Waals surface area contributed by atoms with Gasteiger partial charge in [-0.1, -0.05) is 36.4 Å². The van der Waals surface area contributed by atoms with E-state index in [1.807, 2.05) is 59.9 Å². The van der Waals surface area contributed by atoms with E-state index in [4.69, 9.17) is 0 Å². The molecule has 21 heavy (non-hydrogen) atoms. The highest BCUT2D eigenvalue weighted by molar-refractivity contribution is 8.18. The van der Waals surface area contributed by atoms with E-state index < -0.39 is 0 Å². The number of carbonyl (C=O) groups is 2. The zero-order chi connectivity index (χ0) is 15.0. The second kappa shape index (κ2) is 8.44. The van der Waals surface area contributed by atoms with Crippen LogP contribution in [0.15, 0.2) is 42.5 Å². The molecule has 1 aliphatic heterocycles. The number of carbonyl (C=O) groups excluding carboxylic acids is 2. The molecule has 1 saturated heterocycles. The van der Waals surface area contributed by atoms with Gasteiger partial charge in [0.15, 0.2) is 5.78 Å². The van der Waals surface area contributed by atoms with Crippen molar-refractivity contribution in [1.29, 1.82) is 0 Å². The molecule has 2 rings (SSSR count). The van der Waals surface area contributed by atoms with Crippen LogP contribution in [0.3, 0.4) is 0 Å². The van der Waals surface area contributed by atoms with E-state index in [0.29, 0.717) is 6.42 Å². The van der Waals surface area contributed by atoms with Crippen molar-refractivity contribution in [3.63, 3.8) is 0 Å². The average molecular weight is 320 g/mol. The van der Waals surface area contributed by atoms with Gasteiger partial charge in [-0.2, -0.15) is 0 Å². The molecule has 2 nitrogen and oxygen atoms in total. The Morgan fingerprint density at radius 2 is 1.90 bits per heavy atom. The number of ketones is 1. The van der Waals surface area contributed by atoms with E-state index in [2.05, 4.69) is 0 Å². The van der Waals surface area contributed by atoms with Crippen molar-refractivity contribution in [2.75, 3.05) is 11.5 Å². The molecule has 0 unspecified atom stereocenters. The lowest BCUT2D eigenvalue weighted by atomic mass is 10.1. The Bertz CT molecular complexity index is 491. The summed E-state index contributed by atoms with van der Waals surface area (Å²) >= 11 is 3.88. The van der Waals surface area contributed by atoms with E-state index in [-0.39, 0.29) is 9.86 Å². The molecule has 1 aromatic carbocycles. The lowest BCUT2D eigenvalue weighted by molar-refractivity contribution is -0.107. The molecule has 4 heteroatoms. The van der Waals surface area contributed by atoms with Gasteiger partial charge in [0.25, 0.3) is 0 Å². The summed E-state index contributed by atoms with van der Waals surface area (Å²) in [7, 11) is 0. The number of benzene rings is 1. The summed E-state index contributed by atoms with van der Waals surface area (Å²) in [5.41, 5.74) is 0.722. The van der Waals surface area contributed by atoms with Gasteiger partial charge in [0.1, 0.15) is 6.29 Å². The van der Waals surface area contributed by atoms with Crippen molar-refractivity contribution >= 4 is 35.6 Å². The van der Waals surface area contributed by atoms with Crippen molar-refractivity contribution < 1.29 is 9.59 Å². The van der Waals surface area contributed by atoms with Crippen LogP contribution in [0.1, 0.15) is 36.0 Å². The molecular weight excluding hydrogens is 300 g/mol. The van der Waals surface area contributed by atoms with Gasteiger partial charge in [0.2, 0.25) is 0 Å². The van der Waals surface area contributed by atoms with E-state index in [9.17, 15) is 9.59 Å². The minimum atomic E-state index is 0.0481. The summed E-state index contributed by atoms with van der Waals surface area (Å²) in [6, 6.07) is 9.32. The number of aldehydes is 1. The SMILES string of the molecule is O=CCCC1(C/C=C/C(=O)c2ccccc2)SCCCS1. The van der Waals surface area contributed by atoms with Gasteiger partial charge in [-0.3, -0.25) is 4.79 Å². The topological polar surface area (TPSA) is 34.1 Å². The van der Waals surface area contributed by atoms with E-state index >= 15 is 0 Å². The summed E-state index contributed by atoms with van der Waals surface area (Å²) in [6.45, 7) is 0. The highest BCUT2D eigenvalue weighted by atomic mass is 32.2. The first-order valence-corrected chi connectivity index (χ1v) is 9.20. The predicted octanol–water partition coefficient (Wildman–Crippen LogP) is 4.36. The van der Waals surface area contributed by atoms with E-state index in [1.165, 1.54) is 6.42 Å². The van der Waals surface area contributed by atoms with Gasteiger partial charge in [-0.15, -0.1) is 23.5 Å². The largest absolute Gasteiger partial charge is 0.303 e. The maximum Gasteiger partial charge on any atom is 0.185 e. The van der Waals surface area contributed by atoms with Crippen molar-refractivity contribution in [2.45, 2.75) is 29.8 Å². The van der Waals surface area contributed by atoms with Gasteiger partial charge in [-0.25, -0.2) is 0 Å². The second-order valence-corrected chi connectivity index (χ2v) is 8.22. The van der Waals surface area contributed by atoms with E-state index in [0.717, 1.165) is 36.2 Å². The number of allylic oxidation sites excluding steroid dienone is 2. The van der Waals surface area contributed by atoms with Crippen molar-refractivity contribution in [3.05, 3.63) is 48.0 Å². The molecule has 0 saturated carbocycles. The maximum absolute atomic E-state index is 12.0. The summed E-state index contributed by atoms with van der Waals surface area (Å²) in [4.78, 5) is 22.7. The fourth-order valence-corrected chi connectivity index (χ4v) is 5.59. The minimum absolute atomic E-state index is 0.0481. The lowest BCUT2D eigenvalue weighted by Crippen LogP contribution is -2.24. The summed E-state index contributed by atoms with van der Waals surface area (Å²) in [6.07, 6.45) is 8.20. The lowest BCUT2D eigenvalue weighted by Gasteiger charge is -2.35. The zero-order valence-electron chi connectivity index (χ0n) is 12.0. The number of thioether (sulfide) groups is 2. The van der Waals surface area contributed by atoms with Crippen LogP contribution in [0.5, 0.6) is 0 Å². The molecule has 0 N–H and O–H groups in total. The standard InChI is InChI=1S/C17H20O2S2/c18-12-5-11-17(20-13-6-14-21-17)10-4-9-16(19)15-7-2-1-3-8-15/h1-4,7-9,12H,5-6,10-11,13-14H2/b9-4+. The number of hydrogen-bond acceptors (Lipinski definition) is 4. The highest BCUT2D eigenvalue weighted by Gasteiger charge is 2.31. The first kappa shape index (κ1) is 16.4. The molecule has 1 fully saturated rings. The van der Waals surface area contributed by atoms with Crippen LogP contribution < -0.4 is 0 Å². The van der Waals surface area contributed by atoms with Gasteiger partial charge < -0.3 is 4.79 Å². The Labute approximate surface area is 134 Å². The van der Waals surface area contributed by atoms with Gasteiger partial charge in [0, 0.05) is 12.0 Å². The summed E-state index contributed by atoms with van der Waals surface area (Å²) < 4.78 is 0.0760. The molecule has 0 amide bonds. The smallest absolute Gasteiger partial charge is 0.185 e. The fourth-order valence-electron chi connectivity index (χ4n) is 2.30. The van der Waals surface area contributed by atoms with Crippen LogP contribution in [0.25, 0.3) is 0 Å². The van der Waals surface area contributed by atoms with Crippen LogP contribution in [0.4, 0.5) is 0 Å². The molecule has 0 radical (unpaired) electrons. The monoisotopic (exact) mass is 320 g/mol. The number of rotatable bonds is 7. The average Bonchev–Trinajstić information content (AvgIpc) is 2.55. The molecule has 0 bridgehead atoms. The molecule has 0 spiro atoms. The van der Waals surface area contributed by atoms with Gasteiger partial charge in [0.05, 0.1) is 4.08 Å². The third-order valence-corrected chi connectivity index (χ3v) is 6.90. The third kappa shape index (κ3) is 5.04. The second-order valence-electron chi connectivity index (χ2n) is 5.00. The van der Waals surface area contributed by atoms with Crippen LogP contribution in [-0.2, 0) is 4.79 Å². The molecular formula is C17H20O2S2. The third-order valence-electron chi connectivity index (χ3n) is 3.42. The molecule has 0 aromatic heterocycles. The Balaban J connectivity index is 1.96. The molecule has 0 atom stereocenters. The van der Waals surface area contributed by atoms with Crippen LogP contribution in [0, 0.1) is 0 Å². The molecule has 1 aliphatic rings. The summed E-state index contributed by atoms with van der Waals surface area (Å²) in [5.74, 6) is 2.34. The molecule has 0 aliphatic carbocycles. The molecule has 1 heterocycles. The summed E-state index contributed by atoms with van der Waals surface area (Å²) in [5, 5.41) is 0. The molecule has 1 aromatic rings. The first-order chi connectivity index (χ1) is 10.3. The highest BCUT2D eigenvalue weighted by Crippen LogP contribution is 2.48. The Hall–Kier alpha value is -1.000. The van der Waals surface area contributed by atoms with Gasteiger partial charge >= 0.3 is 0 Å². The van der Waals surface area contributed by atoms with Crippen molar-refractivity contribution in [2.24, 2.45) is 0 Å². The fraction of sp³-hybridized carbons (Fsp3) is 0.412. The first-order valence-electron chi connectivity index (χ1n) is 7.23. The Kier molecular flexibility index (Phi) is 6.58. The molecule has 112 valence electrons. The number of hydrogen-bond donors (Lipinski definition) is 0. The van der Waals surface area contributed by atoms with Crippen molar-refractivity contribution in [3.8, 4) is 0 Å². The van der Waals surface area contributed by atoms with Crippen LogP contribution >= 0.6 is 23.5 Å². The van der Waals surface area contributed by atoms with Gasteiger partial charge in [-0.05, 0) is 36.8 Å². The predicted molar refractivity (Wildman–Crippen MR) is 92.1 cm³/mol. The zero-order valence-corrected chi connectivity index (χ0v) is 13.6. The van der Waals surface area contributed by atoms with E-state index in [1.54, 1.807) is 6.08 Å². The Morgan fingerprint density at radius 3 is 2.57 bits per heavy atom. The van der Waals surface area contributed by atoms with Crippen LogP contribution in [-0.4, -0.2) is 27.7 Å². The van der Waals surface area contributed by atoms with Crippen molar-refractivity contribution in [1.82, 2.24) is 0 Å². The normalized spacial score (nSPS) is 17.7. The Morgan fingerprint density at radius 1 is 1.19 bits per heavy atom. The van der Waals surface area contributed by atoms with Crippen LogP contribution in [0.2, 0.25) is 0 Å². The maximum atomic E-state index is 12.0. The minimum Gasteiger partial charge on any atom is -0.303 e. The quantitative estimate of drug-likeness (QED) is 0.425.